The summed E-state index contributed by atoms with van der Waals surface area (Å²) in [5.41, 5.74) is 2.05. The molecule has 2 aromatic carbocycles. The van der Waals surface area contributed by atoms with Crippen LogP contribution in [0, 0.1) is 0 Å². The van der Waals surface area contributed by atoms with Gasteiger partial charge in [-0.1, -0.05) is 36.4 Å². The summed E-state index contributed by atoms with van der Waals surface area (Å²) in [7, 11) is 0. The third-order valence-corrected chi connectivity index (χ3v) is 5.83. The van der Waals surface area contributed by atoms with Gasteiger partial charge in [0, 0.05) is 31.3 Å². The van der Waals surface area contributed by atoms with E-state index in [9.17, 15) is 9.59 Å². The van der Waals surface area contributed by atoms with Crippen molar-refractivity contribution in [2.45, 2.75) is 31.7 Å². The lowest BCUT2D eigenvalue weighted by Crippen LogP contribution is -2.38. The predicted molar refractivity (Wildman–Crippen MR) is 117 cm³/mol. The van der Waals surface area contributed by atoms with Crippen molar-refractivity contribution in [2.24, 2.45) is 0 Å². The topological polar surface area (TPSA) is 61.9 Å². The molecule has 2 aliphatic rings. The average Bonchev–Trinajstić information content (AvgIpc) is 3.45. The molecule has 0 spiro atoms. The van der Waals surface area contributed by atoms with Gasteiger partial charge in [-0.05, 0) is 50.0 Å². The smallest absolute Gasteiger partial charge is 0.258 e. The Morgan fingerprint density at radius 3 is 2.53 bits per heavy atom. The lowest BCUT2D eigenvalue weighted by molar-refractivity contribution is -0.123. The standard InChI is InChI=1S/C24H29N3O3/c28-23(18-30-21-11-6-10-20(16-21)27-15-7-12-24(27)29)25-17-22(26-13-4-5-14-26)19-8-2-1-3-9-19/h1-3,6,8-11,16,22H,4-5,7,12-15,17-18H2,(H,25,28)/t22-/m1/s1. The van der Waals surface area contributed by atoms with E-state index in [1.165, 1.54) is 18.4 Å². The minimum Gasteiger partial charge on any atom is -0.484 e. The molecule has 1 N–H and O–H groups in total. The average molecular weight is 408 g/mol. The van der Waals surface area contributed by atoms with Crippen LogP contribution < -0.4 is 15.0 Å². The highest BCUT2D eigenvalue weighted by atomic mass is 16.5. The highest BCUT2D eigenvalue weighted by Gasteiger charge is 2.24. The minimum atomic E-state index is -0.141. The summed E-state index contributed by atoms with van der Waals surface area (Å²) in [6, 6.07) is 17.9. The van der Waals surface area contributed by atoms with Crippen molar-refractivity contribution < 1.29 is 14.3 Å². The first-order valence-electron chi connectivity index (χ1n) is 10.8. The third kappa shape index (κ3) is 5.00. The van der Waals surface area contributed by atoms with Crippen LogP contribution in [0.15, 0.2) is 54.6 Å². The van der Waals surface area contributed by atoms with Crippen LogP contribution in [0.25, 0.3) is 0 Å². The number of ether oxygens (including phenoxy) is 1. The van der Waals surface area contributed by atoms with Crippen molar-refractivity contribution in [3.05, 3.63) is 60.2 Å². The van der Waals surface area contributed by atoms with Gasteiger partial charge in [0.05, 0.1) is 6.04 Å². The Morgan fingerprint density at radius 1 is 1.00 bits per heavy atom. The number of benzene rings is 2. The van der Waals surface area contributed by atoms with E-state index >= 15 is 0 Å². The summed E-state index contributed by atoms with van der Waals surface area (Å²) in [6.07, 6.45) is 3.88. The van der Waals surface area contributed by atoms with Crippen LogP contribution >= 0.6 is 0 Å². The van der Waals surface area contributed by atoms with Gasteiger partial charge in [-0.2, -0.15) is 0 Å². The summed E-state index contributed by atoms with van der Waals surface area (Å²) in [5.74, 6) is 0.595. The molecule has 2 fully saturated rings. The number of likely N-dealkylation sites (tertiary alicyclic amines) is 1. The van der Waals surface area contributed by atoms with E-state index in [2.05, 4.69) is 22.3 Å². The third-order valence-electron chi connectivity index (χ3n) is 5.83. The summed E-state index contributed by atoms with van der Waals surface area (Å²) < 4.78 is 5.70. The van der Waals surface area contributed by atoms with Crippen LogP contribution in [0.5, 0.6) is 5.75 Å². The molecule has 0 unspecified atom stereocenters. The molecule has 2 aromatic rings. The number of carbonyl (C=O) groups excluding carboxylic acids is 2. The largest absolute Gasteiger partial charge is 0.484 e. The molecule has 0 radical (unpaired) electrons. The first-order valence-corrected chi connectivity index (χ1v) is 10.8. The predicted octanol–water partition coefficient (Wildman–Crippen LogP) is 3.15. The van der Waals surface area contributed by atoms with Gasteiger partial charge in [-0.25, -0.2) is 0 Å². The highest BCUT2D eigenvalue weighted by molar-refractivity contribution is 5.95. The van der Waals surface area contributed by atoms with Crippen molar-refractivity contribution in [1.29, 1.82) is 0 Å². The maximum atomic E-state index is 12.4. The number of rotatable bonds is 8. The van der Waals surface area contributed by atoms with Crippen molar-refractivity contribution in [3.63, 3.8) is 0 Å². The molecule has 6 heteroatoms. The van der Waals surface area contributed by atoms with Crippen LogP contribution in [0.1, 0.15) is 37.3 Å². The van der Waals surface area contributed by atoms with Crippen LogP contribution in [0.4, 0.5) is 5.69 Å². The number of amides is 2. The Hall–Kier alpha value is -2.86. The summed E-state index contributed by atoms with van der Waals surface area (Å²) in [4.78, 5) is 28.6. The molecular formula is C24H29N3O3. The summed E-state index contributed by atoms with van der Waals surface area (Å²) in [6.45, 7) is 3.38. The monoisotopic (exact) mass is 407 g/mol. The maximum Gasteiger partial charge on any atom is 0.258 e. The molecule has 0 saturated carbocycles. The van der Waals surface area contributed by atoms with Crippen LogP contribution in [-0.2, 0) is 9.59 Å². The quantitative estimate of drug-likeness (QED) is 0.730. The fourth-order valence-corrected chi connectivity index (χ4v) is 4.26. The molecule has 2 heterocycles. The van der Waals surface area contributed by atoms with Gasteiger partial charge < -0.3 is 15.0 Å². The van der Waals surface area contributed by atoms with Gasteiger partial charge in [0.1, 0.15) is 5.75 Å². The van der Waals surface area contributed by atoms with Gasteiger partial charge in [0.25, 0.3) is 5.91 Å². The SMILES string of the molecule is O=C(COc1cccc(N2CCCC2=O)c1)NC[C@H](c1ccccc1)N1CCCC1. The molecule has 158 valence electrons. The van der Waals surface area contributed by atoms with E-state index in [4.69, 9.17) is 4.74 Å². The van der Waals surface area contributed by atoms with E-state index in [0.29, 0.717) is 18.7 Å². The molecule has 1 atom stereocenters. The minimum absolute atomic E-state index is 0.0427. The lowest BCUT2D eigenvalue weighted by atomic mass is 10.1. The second-order valence-corrected chi connectivity index (χ2v) is 7.91. The highest BCUT2D eigenvalue weighted by Crippen LogP contribution is 2.26. The molecular weight excluding hydrogens is 378 g/mol. The van der Waals surface area contributed by atoms with Gasteiger partial charge >= 0.3 is 0 Å². The van der Waals surface area contributed by atoms with E-state index in [0.717, 1.165) is 31.7 Å². The first kappa shape index (κ1) is 20.4. The number of anilines is 1. The van der Waals surface area contributed by atoms with E-state index in [-0.39, 0.29) is 24.5 Å². The fraction of sp³-hybridized carbons (Fsp3) is 0.417. The van der Waals surface area contributed by atoms with E-state index < -0.39 is 0 Å². The second kappa shape index (κ2) is 9.76. The van der Waals surface area contributed by atoms with Gasteiger partial charge in [-0.3, -0.25) is 14.5 Å². The van der Waals surface area contributed by atoms with Crippen molar-refractivity contribution in [3.8, 4) is 5.75 Å². The molecule has 2 aliphatic heterocycles. The lowest BCUT2D eigenvalue weighted by Gasteiger charge is -2.28. The second-order valence-electron chi connectivity index (χ2n) is 7.91. The zero-order valence-electron chi connectivity index (χ0n) is 17.3. The molecule has 6 nitrogen and oxygen atoms in total. The molecule has 0 aliphatic carbocycles. The van der Waals surface area contributed by atoms with Crippen LogP contribution in [0.2, 0.25) is 0 Å². The maximum absolute atomic E-state index is 12.4. The molecule has 2 amide bonds. The Morgan fingerprint density at radius 2 is 1.80 bits per heavy atom. The van der Waals surface area contributed by atoms with Gasteiger partial charge in [-0.15, -0.1) is 0 Å². The first-order chi connectivity index (χ1) is 14.7. The van der Waals surface area contributed by atoms with E-state index in [1.807, 2.05) is 42.5 Å². The summed E-state index contributed by atoms with van der Waals surface area (Å²) >= 11 is 0. The number of nitrogens with one attached hydrogen (secondary N) is 1. The normalized spacial score (nSPS) is 17.9. The molecule has 2 saturated heterocycles. The number of hydrogen-bond acceptors (Lipinski definition) is 4. The molecule has 30 heavy (non-hydrogen) atoms. The van der Waals surface area contributed by atoms with Crippen molar-refractivity contribution in [2.75, 3.05) is 37.7 Å². The van der Waals surface area contributed by atoms with Gasteiger partial charge in [0.15, 0.2) is 6.61 Å². The molecule has 0 bridgehead atoms. The van der Waals surface area contributed by atoms with Gasteiger partial charge in [0.2, 0.25) is 5.91 Å². The zero-order chi connectivity index (χ0) is 20.8. The molecule has 0 aromatic heterocycles. The summed E-state index contributed by atoms with van der Waals surface area (Å²) in [5, 5.41) is 3.04. The number of hydrogen-bond donors (Lipinski definition) is 1. The Balaban J connectivity index is 1.31. The van der Waals surface area contributed by atoms with Crippen LogP contribution in [0.3, 0.4) is 0 Å². The Bertz CT molecular complexity index is 865. The Kier molecular flexibility index (Phi) is 6.64. The van der Waals surface area contributed by atoms with Crippen molar-refractivity contribution >= 4 is 17.5 Å². The zero-order valence-corrected chi connectivity index (χ0v) is 17.3. The fourth-order valence-electron chi connectivity index (χ4n) is 4.26. The Labute approximate surface area is 177 Å². The van der Waals surface area contributed by atoms with E-state index in [1.54, 1.807) is 4.90 Å². The van der Waals surface area contributed by atoms with Crippen molar-refractivity contribution in [1.82, 2.24) is 10.2 Å². The number of carbonyl (C=O) groups is 2. The number of nitrogens with zero attached hydrogens (tertiary/aromatic N) is 2. The molecule has 4 rings (SSSR count). The van der Waals surface area contributed by atoms with Crippen LogP contribution in [-0.4, -0.2) is 49.5 Å².